The fraction of sp³-hybridized carbons (Fsp3) is 0.235. The highest BCUT2D eigenvalue weighted by molar-refractivity contribution is 6.39. The van der Waals surface area contributed by atoms with E-state index >= 15 is 0 Å². The molecule has 134 valence electrons. The number of aryl methyl sites for hydroxylation is 2. The van der Waals surface area contributed by atoms with Crippen molar-refractivity contribution in [2.75, 3.05) is 12.4 Å². The third-order valence-electron chi connectivity index (χ3n) is 3.90. The Balaban J connectivity index is 1.71. The van der Waals surface area contributed by atoms with E-state index in [9.17, 15) is 14.4 Å². The maximum atomic E-state index is 12.3. The normalized spacial score (nSPS) is 10.7. The number of aromatic nitrogens is 4. The van der Waals surface area contributed by atoms with E-state index in [-0.39, 0.29) is 12.1 Å². The number of nitrogens with zero attached hydrogens (tertiary/aromatic N) is 4. The number of hydrogen-bond acceptors (Lipinski definition) is 5. The monoisotopic (exact) mass is 354 g/mol. The first-order valence-electron chi connectivity index (χ1n) is 7.89. The molecule has 0 unspecified atom stereocenters. The van der Waals surface area contributed by atoms with Crippen LogP contribution >= 0.6 is 0 Å². The second kappa shape index (κ2) is 6.79. The van der Waals surface area contributed by atoms with Gasteiger partial charge in [0.05, 0.1) is 24.1 Å². The van der Waals surface area contributed by atoms with Gasteiger partial charge in [0.1, 0.15) is 0 Å². The van der Waals surface area contributed by atoms with Gasteiger partial charge in [-0.25, -0.2) is 4.98 Å². The van der Waals surface area contributed by atoms with Gasteiger partial charge >= 0.3 is 11.8 Å². The molecule has 26 heavy (non-hydrogen) atoms. The van der Waals surface area contributed by atoms with E-state index in [1.54, 1.807) is 29.9 Å². The molecular formula is C17H18N6O3. The first-order chi connectivity index (χ1) is 12.3. The Morgan fingerprint density at radius 3 is 2.85 bits per heavy atom. The maximum Gasteiger partial charge on any atom is 0.313 e. The number of amides is 2. The summed E-state index contributed by atoms with van der Waals surface area (Å²) in [6.07, 6.45) is 1.48. The molecule has 0 bridgehead atoms. The zero-order valence-electron chi connectivity index (χ0n) is 14.6. The van der Waals surface area contributed by atoms with Crippen LogP contribution in [0.2, 0.25) is 0 Å². The smallest absolute Gasteiger partial charge is 0.313 e. The number of likely N-dealkylation sites (N-methyl/N-ethyl adjacent to an activating group) is 1. The van der Waals surface area contributed by atoms with Crippen molar-refractivity contribution in [2.24, 2.45) is 7.05 Å². The molecule has 3 aromatic rings. The Kier molecular flexibility index (Phi) is 4.53. The van der Waals surface area contributed by atoms with E-state index in [1.165, 1.54) is 24.2 Å². The van der Waals surface area contributed by atoms with Crippen LogP contribution in [0.25, 0.3) is 11.0 Å². The largest absolute Gasteiger partial charge is 0.332 e. The highest BCUT2D eigenvalue weighted by atomic mass is 16.2. The van der Waals surface area contributed by atoms with Crippen LogP contribution in [-0.4, -0.2) is 43.5 Å². The molecule has 0 atom stereocenters. The molecule has 0 spiro atoms. The number of anilines is 1. The lowest BCUT2D eigenvalue weighted by Crippen LogP contribution is -2.37. The van der Waals surface area contributed by atoms with Crippen LogP contribution in [0.1, 0.15) is 11.4 Å². The van der Waals surface area contributed by atoms with E-state index in [2.05, 4.69) is 20.4 Å². The van der Waals surface area contributed by atoms with Crippen molar-refractivity contribution >= 4 is 28.5 Å². The lowest BCUT2D eigenvalue weighted by Gasteiger charge is -2.16. The van der Waals surface area contributed by atoms with Gasteiger partial charge in [0, 0.05) is 31.2 Å². The highest BCUT2D eigenvalue weighted by Crippen LogP contribution is 2.19. The van der Waals surface area contributed by atoms with Crippen LogP contribution in [0.4, 0.5) is 5.69 Å². The molecule has 0 aliphatic heterocycles. The van der Waals surface area contributed by atoms with Crippen molar-refractivity contribution in [1.29, 1.82) is 0 Å². The van der Waals surface area contributed by atoms with E-state index < -0.39 is 11.8 Å². The van der Waals surface area contributed by atoms with Crippen molar-refractivity contribution < 1.29 is 9.59 Å². The number of pyridine rings is 2. The number of hydrogen-bond donors (Lipinski definition) is 2. The van der Waals surface area contributed by atoms with Gasteiger partial charge in [-0.2, -0.15) is 5.10 Å². The predicted molar refractivity (Wildman–Crippen MR) is 95.4 cm³/mol. The summed E-state index contributed by atoms with van der Waals surface area (Å²) in [5.74, 6) is -1.51. The van der Waals surface area contributed by atoms with Gasteiger partial charge in [0.2, 0.25) is 5.56 Å². The summed E-state index contributed by atoms with van der Waals surface area (Å²) in [6, 6.07) is 6.36. The quantitative estimate of drug-likeness (QED) is 0.668. The van der Waals surface area contributed by atoms with E-state index in [4.69, 9.17) is 0 Å². The third kappa shape index (κ3) is 3.46. The number of rotatable bonds is 3. The summed E-state index contributed by atoms with van der Waals surface area (Å²) >= 11 is 0. The minimum absolute atomic E-state index is 0.112. The lowest BCUT2D eigenvalue weighted by molar-refractivity contribution is -0.142. The molecule has 3 rings (SSSR count). The molecule has 3 aromatic heterocycles. The van der Waals surface area contributed by atoms with Crippen molar-refractivity contribution in [1.82, 2.24) is 24.6 Å². The molecule has 0 aliphatic rings. The highest BCUT2D eigenvalue weighted by Gasteiger charge is 2.20. The molecule has 0 aliphatic carbocycles. The van der Waals surface area contributed by atoms with E-state index in [0.717, 1.165) is 11.1 Å². The average molecular weight is 354 g/mol. The van der Waals surface area contributed by atoms with Crippen molar-refractivity contribution in [3.05, 3.63) is 52.2 Å². The topological polar surface area (TPSA) is 113 Å². The molecule has 0 saturated heterocycles. The molecule has 0 aromatic carbocycles. The molecule has 9 heteroatoms. The van der Waals surface area contributed by atoms with Crippen LogP contribution in [-0.2, 0) is 23.2 Å². The number of carbonyl (C=O) groups is 2. The van der Waals surface area contributed by atoms with Crippen LogP contribution in [0.5, 0.6) is 0 Å². The lowest BCUT2D eigenvalue weighted by atomic mass is 10.2. The first kappa shape index (κ1) is 17.3. The molecule has 9 nitrogen and oxygen atoms in total. The Morgan fingerprint density at radius 1 is 1.35 bits per heavy atom. The maximum absolute atomic E-state index is 12.3. The zero-order chi connectivity index (χ0) is 18.8. The first-order valence-corrected chi connectivity index (χ1v) is 7.89. The minimum atomic E-state index is -0.784. The third-order valence-corrected chi connectivity index (χ3v) is 3.90. The molecular weight excluding hydrogens is 336 g/mol. The van der Waals surface area contributed by atoms with Gasteiger partial charge in [-0.15, -0.1) is 0 Å². The summed E-state index contributed by atoms with van der Waals surface area (Å²) < 4.78 is 1.65. The van der Waals surface area contributed by atoms with Crippen LogP contribution in [0.3, 0.4) is 0 Å². The summed E-state index contributed by atoms with van der Waals surface area (Å²) in [5.41, 5.74) is 2.15. The summed E-state index contributed by atoms with van der Waals surface area (Å²) in [7, 11) is 3.27. The fourth-order valence-electron chi connectivity index (χ4n) is 2.65. The van der Waals surface area contributed by atoms with Crippen molar-refractivity contribution in [2.45, 2.75) is 13.5 Å². The predicted octanol–water partition coefficient (Wildman–Crippen LogP) is 0.562. The fourth-order valence-corrected chi connectivity index (χ4v) is 2.65. The van der Waals surface area contributed by atoms with Gasteiger partial charge in [-0.3, -0.25) is 19.1 Å². The SMILES string of the molecule is Cc1nn(C)c2ncc(NC(=O)C(=O)N(C)Cc3cccc(=O)[nH]3)cc12. The molecule has 0 fully saturated rings. The van der Waals surface area contributed by atoms with Crippen molar-refractivity contribution in [3.8, 4) is 0 Å². The molecule has 3 heterocycles. The molecule has 2 N–H and O–H groups in total. The summed E-state index contributed by atoms with van der Waals surface area (Å²) in [5, 5.41) is 7.61. The van der Waals surface area contributed by atoms with Gasteiger partial charge in [-0.1, -0.05) is 6.07 Å². The van der Waals surface area contributed by atoms with Gasteiger partial charge in [-0.05, 0) is 19.1 Å². The van der Waals surface area contributed by atoms with Crippen LogP contribution < -0.4 is 10.9 Å². The second-order valence-electron chi connectivity index (χ2n) is 5.96. The average Bonchev–Trinajstić information content (AvgIpc) is 2.88. The number of carbonyl (C=O) groups excluding carboxylic acids is 2. The van der Waals surface area contributed by atoms with Crippen LogP contribution in [0.15, 0.2) is 35.3 Å². The second-order valence-corrected chi connectivity index (χ2v) is 5.96. The Bertz CT molecular complexity index is 1050. The van der Waals surface area contributed by atoms with Crippen LogP contribution in [0, 0.1) is 6.92 Å². The van der Waals surface area contributed by atoms with Gasteiger partial charge in [0.25, 0.3) is 0 Å². The van der Waals surface area contributed by atoms with Gasteiger partial charge < -0.3 is 15.2 Å². The molecule has 0 saturated carbocycles. The molecule has 2 amide bonds. The Labute approximate surface area is 148 Å². The number of fused-ring (bicyclic) bond motifs is 1. The van der Waals surface area contributed by atoms with Crippen molar-refractivity contribution in [3.63, 3.8) is 0 Å². The van der Waals surface area contributed by atoms with Gasteiger partial charge in [0.15, 0.2) is 5.65 Å². The number of nitrogens with one attached hydrogen (secondary N) is 2. The zero-order valence-corrected chi connectivity index (χ0v) is 14.6. The van der Waals surface area contributed by atoms with E-state index in [0.29, 0.717) is 17.0 Å². The van der Waals surface area contributed by atoms with E-state index in [1.807, 2.05) is 6.92 Å². The standard InChI is InChI=1S/C17H18N6O3/c1-10-13-7-12(8-18-15(13)23(3)21-10)20-16(25)17(26)22(2)9-11-5-4-6-14(24)19-11/h4-8H,9H2,1-3H3,(H,19,24)(H,20,25). The molecule has 0 radical (unpaired) electrons. The summed E-state index contributed by atoms with van der Waals surface area (Å²) in [6.45, 7) is 1.95. The Hall–Kier alpha value is -3.49. The number of aromatic amines is 1. The number of H-pyrrole nitrogens is 1. The Morgan fingerprint density at radius 2 is 2.12 bits per heavy atom. The summed E-state index contributed by atoms with van der Waals surface area (Å²) in [4.78, 5) is 43.9. The minimum Gasteiger partial charge on any atom is -0.332 e.